The van der Waals surface area contributed by atoms with Gasteiger partial charge in [0.15, 0.2) is 18.1 Å². The van der Waals surface area contributed by atoms with Gasteiger partial charge in [0, 0.05) is 18.8 Å². The lowest BCUT2D eigenvalue weighted by atomic mass is 10.3. The highest BCUT2D eigenvalue weighted by Gasteiger charge is 2.12. The number of anilines is 3. The molecule has 0 atom stereocenters. The van der Waals surface area contributed by atoms with E-state index in [2.05, 4.69) is 25.4 Å². The second-order valence-electron chi connectivity index (χ2n) is 5.18. The number of aryl methyl sites for hydroxylation is 1. The van der Waals surface area contributed by atoms with E-state index in [1.807, 2.05) is 30.3 Å². The van der Waals surface area contributed by atoms with Crippen LogP contribution in [0.4, 0.5) is 17.6 Å². The fraction of sp³-hybridized carbons (Fsp3) is 0.125. The van der Waals surface area contributed by atoms with Crippen LogP contribution in [-0.4, -0.2) is 30.7 Å². The number of para-hydroxylation sites is 1. The summed E-state index contributed by atoms with van der Waals surface area (Å²) in [6.45, 7) is -0.223. The fourth-order valence-corrected chi connectivity index (χ4v) is 2.02. The summed E-state index contributed by atoms with van der Waals surface area (Å²) < 4.78 is 6.16. The maximum absolute atomic E-state index is 12.0. The van der Waals surface area contributed by atoms with E-state index in [0.717, 1.165) is 10.4 Å². The van der Waals surface area contributed by atoms with Gasteiger partial charge in [0.2, 0.25) is 11.9 Å². The van der Waals surface area contributed by atoms with Gasteiger partial charge in [-0.3, -0.25) is 4.79 Å². The number of carbonyl (C=O) groups is 1. The molecule has 10 nitrogen and oxygen atoms in total. The highest BCUT2D eigenvalue weighted by molar-refractivity contribution is 5.86. The Morgan fingerprint density at radius 1 is 1.15 bits per heavy atom. The summed E-state index contributed by atoms with van der Waals surface area (Å²) in [6.07, 6.45) is 0. The first kappa shape index (κ1) is 17.0. The Morgan fingerprint density at radius 2 is 1.92 bits per heavy atom. The molecule has 132 valence electrons. The van der Waals surface area contributed by atoms with E-state index in [0.29, 0.717) is 0 Å². The minimum Gasteiger partial charge on any atom is -0.453 e. The molecule has 0 bridgehead atoms. The van der Waals surface area contributed by atoms with Gasteiger partial charge in [0.05, 0.1) is 0 Å². The molecule has 10 heteroatoms. The summed E-state index contributed by atoms with van der Waals surface area (Å²) in [5.41, 5.74) is 6.11. The Morgan fingerprint density at radius 3 is 2.65 bits per heavy atom. The zero-order valence-electron chi connectivity index (χ0n) is 13.8. The molecule has 0 fully saturated rings. The van der Waals surface area contributed by atoms with Crippen LogP contribution in [0.15, 0.2) is 47.3 Å². The molecule has 2 aromatic heterocycles. The summed E-state index contributed by atoms with van der Waals surface area (Å²) >= 11 is 0. The molecule has 3 aromatic rings. The van der Waals surface area contributed by atoms with Crippen molar-refractivity contribution in [1.29, 1.82) is 0 Å². The number of carbonyl (C=O) groups excluding carboxylic acids is 1. The number of nitrogen functional groups attached to an aromatic ring is 1. The van der Waals surface area contributed by atoms with Crippen LogP contribution >= 0.6 is 0 Å². The van der Waals surface area contributed by atoms with Crippen LogP contribution in [0.5, 0.6) is 0 Å². The van der Waals surface area contributed by atoms with Crippen LogP contribution in [0.2, 0.25) is 0 Å². The number of esters is 1. The number of nitrogens with two attached hydrogens (primary N) is 1. The molecule has 0 spiro atoms. The van der Waals surface area contributed by atoms with E-state index < -0.39 is 5.97 Å². The molecule has 2 heterocycles. The van der Waals surface area contributed by atoms with E-state index in [-0.39, 0.29) is 35.6 Å². The van der Waals surface area contributed by atoms with Crippen LogP contribution in [0.3, 0.4) is 0 Å². The van der Waals surface area contributed by atoms with Gasteiger partial charge < -0.3 is 15.8 Å². The third-order valence-electron chi connectivity index (χ3n) is 3.23. The fourth-order valence-electron chi connectivity index (χ4n) is 2.02. The second-order valence-corrected chi connectivity index (χ2v) is 5.18. The molecular weight excluding hydrogens is 338 g/mol. The molecule has 0 aliphatic heterocycles. The Balaban J connectivity index is 1.70. The van der Waals surface area contributed by atoms with Crippen LogP contribution in [0.1, 0.15) is 16.3 Å². The largest absolute Gasteiger partial charge is 0.453 e. The normalized spacial score (nSPS) is 10.3. The maximum Gasteiger partial charge on any atom is 0.359 e. The number of nitrogens with one attached hydrogen (secondary N) is 1. The van der Waals surface area contributed by atoms with Crippen molar-refractivity contribution in [3.63, 3.8) is 0 Å². The Kier molecular flexibility index (Phi) is 4.83. The predicted molar refractivity (Wildman–Crippen MR) is 92.6 cm³/mol. The first-order valence-electron chi connectivity index (χ1n) is 7.55. The molecule has 0 aliphatic rings. The van der Waals surface area contributed by atoms with Gasteiger partial charge in [0.1, 0.15) is 0 Å². The lowest BCUT2D eigenvalue weighted by Gasteiger charge is -2.08. The highest BCUT2D eigenvalue weighted by Crippen LogP contribution is 2.13. The van der Waals surface area contributed by atoms with Crippen molar-refractivity contribution in [2.75, 3.05) is 11.1 Å². The smallest absolute Gasteiger partial charge is 0.359 e. The minimum absolute atomic E-state index is 0.00300. The average molecular weight is 353 g/mol. The SMILES string of the molecule is Cn1nc(C(=O)OCc2nc(N)nc(Nc3ccccc3)n2)ccc1=O. The number of hydrogen-bond acceptors (Lipinski definition) is 9. The molecule has 1 aromatic carbocycles. The maximum atomic E-state index is 12.0. The standard InChI is InChI=1S/C16H15N7O3/c1-23-13(24)8-7-11(22-23)14(25)26-9-12-19-15(17)21-16(20-12)18-10-5-3-2-4-6-10/h2-8H,9H2,1H3,(H3,17,18,19,20,21). The summed E-state index contributed by atoms with van der Waals surface area (Å²) in [5, 5.41) is 6.80. The molecule has 3 N–H and O–H groups in total. The first-order valence-corrected chi connectivity index (χ1v) is 7.55. The van der Waals surface area contributed by atoms with Gasteiger partial charge in [-0.05, 0) is 18.2 Å². The summed E-state index contributed by atoms with van der Waals surface area (Å²) in [6, 6.07) is 11.8. The van der Waals surface area contributed by atoms with Crippen molar-refractivity contribution in [3.05, 3.63) is 64.3 Å². The Hall–Kier alpha value is -3.82. The number of benzene rings is 1. The third kappa shape index (κ3) is 4.17. The van der Waals surface area contributed by atoms with Crippen LogP contribution in [-0.2, 0) is 18.4 Å². The van der Waals surface area contributed by atoms with E-state index >= 15 is 0 Å². The first-order chi connectivity index (χ1) is 12.5. The Bertz CT molecular complexity index is 989. The van der Waals surface area contributed by atoms with Crippen molar-refractivity contribution < 1.29 is 9.53 Å². The predicted octanol–water partition coefficient (Wildman–Crippen LogP) is 0.648. The van der Waals surface area contributed by atoms with E-state index in [9.17, 15) is 9.59 Å². The zero-order valence-corrected chi connectivity index (χ0v) is 13.8. The van der Waals surface area contributed by atoms with Crippen LogP contribution in [0, 0.1) is 0 Å². The molecule has 0 amide bonds. The molecule has 3 rings (SSSR count). The zero-order chi connectivity index (χ0) is 18.5. The van der Waals surface area contributed by atoms with Gasteiger partial charge in [-0.2, -0.15) is 20.1 Å². The molecule has 0 saturated heterocycles. The molecule has 0 radical (unpaired) electrons. The van der Waals surface area contributed by atoms with Crippen molar-refractivity contribution in [2.45, 2.75) is 6.61 Å². The van der Waals surface area contributed by atoms with Gasteiger partial charge in [-0.15, -0.1) is 0 Å². The molecule has 0 aliphatic carbocycles. The van der Waals surface area contributed by atoms with Crippen LogP contribution < -0.4 is 16.6 Å². The monoisotopic (exact) mass is 353 g/mol. The molecule has 0 saturated carbocycles. The lowest BCUT2D eigenvalue weighted by molar-refractivity contribution is 0.0452. The number of ether oxygens (including phenoxy) is 1. The summed E-state index contributed by atoms with van der Waals surface area (Å²) in [7, 11) is 1.44. The molecule has 0 unspecified atom stereocenters. The molecular formula is C16H15N7O3. The minimum atomic E-state index is -0.711. The lowest BCUT2D eigenvalue weighted by Crippen LogP contribution is -2.22. The van der Waals surface area contributed by atoms with E-state index in [4.69, 9.17) is 10.5 Å². The number of aromatic nitrogens is 5. The topological polar surface area (TPSA) is 138 Å². The van der Waals surface area contributed by atoms with Gasteiger partial charge in [-0.1, -0.05) is 18.2 Å². The van der Waals surface area contributed by atoms with Gasteiger partial charge >= 0.3 is 5.97 Å². The average Bonchev–Trinajstić information content (AvgIpc) is 2.62. The number of nitrogens with zero attached hydrogens (tertiary/aromatic N) is 5. The van der Waals surface area contributed by atoms with Crippen molar-refractivity contribution in [1.82, 2.24) is 24.7 Å². The van der Waals surface area contributed by atoms with Gasteiger partial charge in [0.25, 0.3) is 5.56 Å². The third-order valence-corrected chi connectivity index (χ3v) is 3.23. The second kappa shape index (κ2) is 7.38. The number of rotatable bonds is 5. The van der Waals surface area contributed by atoms with Crippen molar-refractivity contribution >= 4 is 23.6 Å². The molecule has 26 heavy (non-hydrogen) atoms. The van der Waals surface area contributed by atoms with Crippen molar-refractivity contribution in [3.8, 4) is 0 Å². The van der Waals surface area contributed by atoms with Crippen LogP contribution in [0.25, 0.3) is 0 Å². The van der Waals surface area contributed by atoms with E-state index in [1.54, 1.807) is 0 Å². The van der Waals surface area contributed by atoms with Gasteiger partial charge in [-0.25, -0.2) is 9.48 Å². The summed E-state index contributed by atoms with van der Waals surface area (Å²) in [4.78, 5) is 35.4. The highest BCUT2D eigenvalue weighted by atomic mass is 16.5. The number of hydrogen-bond donors (Lipinski definition) is 2. The van der Waals surface area contributed by atoms with E-state index in [1.165, 1.54) is 19.2 Å². The van der Waals surface area contributed by atoms with Crippen molar-refractivity contribution in [2.24, 2.45) is 7.05 Å². The Labute approximate surface area is 147 Å². The quantitative estimate of drug-likeness (QED) is 0.633. The summed E-state index contributed by atoms with van der Waals surface area (Å²) in [5.74, 6) is -0.314.